The minimum atomic E-state index is 0.707. The first kappa shape index (κ1) is 13.5. The molecule has 0 saturated heterocycles. The molecule has 0 aliphatic heterocycles. The summed E-state index contributed by atoms with van der Waals surface area (Å²) < 4.78 is 1.13. The van der Waals surface area contributed by atoms with Gasteiger partial charge in [0.05, 0.1) is 0 Å². The van der Waals surface area contributed by atoms with Gasteiger partial charge in [-0.1, -0.05) is 53.6 Å². The third kappa shape index (κ3) is 5.47. The molecule has 1 rings (SSSR count). The molecular weight excluding hydrogens is 262 g/mol. The van der Waals surface area contributed by atoms with Gasteiger partial charge in [0, 0.05) is 11.0 Å². The Morgan fingerprint density at radius 3 is 2.81 bits per heavy atom. The van der Waals surface area contributed by atoms with Crippen LogP contribution in [0, 0.1) is 5.92 Å². The molecule has 0 unspecified atom stereocenters. The summed E-state index contributed by atoms with van der Waals surface area (Å²) in [6.07, 6.45) is 2.22. The predicted octanol–water partition coefficient (Wildman–Crippen LogP) is 4.10. The van der Waals surface area contributed by atoms with Gasteiger partial charge >= 0.3 is 0 Å². The van der Waals surface area contributed by atoms with Crippen molar-refractivity contribution in [2.24, 2.45) is 5.92 Å². The highest BCUT2D eigenvalue weighted by Gasteiger charge is 1.95. The first-order chi connectivity index (χ1) is 7.58. The van der Waals surface area contributed by atoms with Gasteiger partial charge < -0.3 is 5.32 Å². The largest absolute Gasteiger partial charge is 0.313 e. The van der Waals surface area contributed by atoms with E-state index in [2.05, 4.69) is 66.3 Å². The van der Waals surface area contributed by atoms with Crippen LogP contribution in [0.3, 0.4) is 0 Å². The maximum atomic E-state index is 3.48. The van der Waals surface area contributed by atoms with Gasteiger partial charge in [-0.3, -0.25) is 0 Å². The Kier molecular flexibility index (Phi) is 5.78. The number of benzene rings is 1. The second kappa shape index (κ2) is 6.87. The van der Waals surface area contributed by atoms with Crippen LogP contribution in [0.5, 0.6) is 0 Å². The number of halogens is 1. The summed E-state index contributed by atoms with van der Waals surface area (Å²) in [6.45, 7) is 8.64. The Balaban J connectivity index is 2.49. The molecule has 0 spiro atoms. The van der Waals surface area contributed by atoms with E-state index in [1.807, 2.05) is 6.07 Å². The van der Waals surface area contributed by atoms with Crippen LogP contribution in [-0.4, -0.2) is 13.1 Å². The van der Waals surface area contributed by atoms with Crippen LogP contribution < -0.4 is 5.32 Å². The minimum Gasteiger partial charge on any atom is -0.313 e. The molecule has 1 N–H and O–H groups in total. The van der Waals surface area contributed by atoms with E-state index in [-0.39, 0.29) is 0 Å². The Labute approximate surface area is 107 Å². The van der Waals surface area contributed by atoms with Gasteiger partial charge in [0.25, 0.3) is 0 Å². The standard InChI is InChI=1S/C14H20BrN/c1-11(2)9-16-10-12(3)7-13-5-4-6-14(15)8-13/h4-8,11,16H,9-10H2,1-3H3. The van der Waals surface area contributed by atoms with E-state index in [0.717, 1.165) is 17.6 Å². The van der Waals surface area contributed by atoms with Gasteiger partial charge in [-0.15, -0.1) is 0 Å². The third-order valence-corrected chi connectivity index (χ3v) is 2.71. The lowest BCUT2D eigenvalue weighted by Crippen LogP contribution is -2.21. The number of hydrogen-bond acceptors (Lipinski definition) is 1. The molecular formula is C14H20BrN. The minimum absolute atomic E-state index is 0.707. The summed E-state index contributed by atoms with van der Waals surface area (Å²) in [5, 5.41) is 3.44. The summed E-state index contributed by atoms with van der Waals surface area (Å²) in [7, 11) is 0. The molecule has 0 radical (unpaired) electrons. The number of hydrogen-bond donors (Lipinski definition) is 1. The molecule has 0 aliphatic carbocycles. The molecule has 1 aromatic carbocycles. The van der Waals surface area contributed by atoms with Gasteiger partial charge in [0.1, 0.15) is 0 Å². The van der Waals surface area contributed by atoms with Crippen molar-refractivity contribution in [2.45, 2.75) is 20.8 Å². The summed E-state index contributed by atoms with van der Waals surface area (Å²) in [4.78, 5) is 0. The van der Waals surface area contributed by atoms with Crippen molar-refractivity contribution < 1.29 is 0 Å². The number of rotatable bonds is 5. The summed E-state index contributed by atoms with van der Waals surface area (Å²) in [6, 6.07) is 8.36. The predicted molar refractivity (Wildman–Crippen MR) is 75.5 cm³/mol. The van der Waals surface area contributed by atoms with E-state index >= 15 is 0 Å². The quantitative estimate of drug-likeness (QED) is 0.857. The maximum Gasteiger partial charge on any atom is 0.0181 e. The molecule has 2 heteroatoms. The molecule has 0 bridgehead atoms. The Hall–Kier alpha value is -0.600. The van der Waals surface area contributed by atoms with Gasteiger partial charge in [-0.2, -0.15) is 0 Å². The Morgan fingerprint density at radius 1 is 1.44 bits per heavy atom. The zero-order chi connectivity index (χ0) is 12.0. The molecule has 88 valence electrons. The highest BCUT2D eigenvalue weighted by molar-refractivity contribution is 9.10. The van der Waals surface area contributed by atoms with Crippen LogP contribution in [0.2, 0.25) is 0 Å². The summed E-state index contributed by atoms with van der Waals surface area (Å²) in [5.41, 5.74) is 2.61. The fraction of sp³-hybridized carbons (Fsp3) is 0.429. The molecule has 0 heterocycles. The topological polar surface area (TPSA) is 12.0 Å². The van der Waals surface area contributed by atoms with Crippen molar-refractivity contribution >= 4 is 22.0 Å². The normalized spacial score (nSPS) is 12.2. The summed E-state index contributed by atoms with van der Waals surface area (Å²) >= 11 is 3.48. The van der Waals surface area contributed by atoms with E-state index < -0.39 is 0 Å². The lowest BCUT2D eigenvalue weighted by molar-refractivity contribution is 0.572. The fourth-order valence-corrected chi connectivity index (χ4v) is 1.91. The van der Waals surface area contributed by atoms with Crippen LogP contribution in [0.25, 0.3) is 6.08 Å². The monoisotopic (exact) mass is 281 g/mol. The molecule has 0 aliphatic rings. The lowest BCUT2D eigenvalue weighted by Gasteiger charge is -2.07. The van der Waals surface area contributed by atoms with Crippen molar-refractivity contribution in [1.29, 1.82) is 0 Å². The van der Waals surface area contributed by atoms with Crippen molar-refractivity contribution in [2.75, 3.05) is 13.1 Å². The van der Waals surface area contributed by atoms with E-state index in [4.69, 9.17) is 0 Å². The van der Waals surface area contributed by atoms with Crippen LogP contribution in [0.1, 0.15) is 26.3 Å². The molecule has 0 saturated carbocycles. The van der Waals surface area contributed by atoms with E-state index in [9.17, 15) is 0 Å². The first-order valence-corrected chi connectivity index (χ1v) is 6.50. The smallest absolute Gasteiger partial charge is 0.0181 e. The Bertz CT molecular complexity index is 356. The highest BCUT2D eigenvalue weighted by atomic mass is 79.9. The fourth-order valence-electron chi connectivity index (χ4n) is 1.49. The second-order valence-corrected chi connectivity index (χ2v) is 5.49. The molecule has 0 fully saturated rings. The highest BCUT2D eigenvalue weighted by Crippen LogP contribution is 2.14. The van der Waals surface area contributed by atoms with Gasteiger partial charge in [-0.05, 0) is 37.1 Å². The molecule has 1 nitrogen and oxygen atoms in total. The van der Waals surface area contributed by atoms with Crippen LogP contribution in [0.4, 0.5) is 0 Å². The second-order valence-electron chi connectivity index (χ2n) is 4.57. The van der Waals surface area contributed by atoms with Crippen molar-refractivity contribution in [3.63, 3.8) is 0 Å². The van der Waals surface area contributed by atoms with Crippen molar-refractivity contribution in [3.05, 3.63) is 39.9 Å². The molecule has 0 aromatic heterocycles. The van der Waals surface area contributed by atoms with E-state index in [1.54, 1.807) is 0 Å². The van der Waals surface area contributed by atoms with Crippen molar-refractivity contribution in [1.82, 2.24) is 5.32 Å². The average Bonchev–Trinajstić information content (AvgIpc) is 2.16. The number of nitrogens with one attached hydrogen (secondary N) is 1. The van der Waals surface area contributed by atoms with E-state index in [1.165, 1.54) is 11.1 Å². The van der Waals surface area contributed by atoms with Gasteiger partial charge in [0.15, 0.2) is 0 Å². The first-order valence-electron chi connectivity index (χ1n) is 5.71. The molecule has 16 heavy (non-hydrogen) atoms. The maximum absolute atomic E-state index is 3.48. The van der Waals surface area contributed by atoms with Crippen molar-refractivity contribution in [3.8, 4) is 0 Å². The van der Waals surface area contributed by atoms with E-state index in [0.29, 0.717) is 5.92 Å². The Morgan fingerprint density at radius 2 is 2.19 bits per heavy atom. The van der Waals surface area contributed by atoms with Crippen LogP contribution >= 0.6 is 15.9 Å². The van der Waals surface area contributed by atoms with Gasteiger partial charge in [-0.25, -0.2) is 0 Å². The van der Waals surface area contributed by atoms with Crippen LogP contribution in [-0.2, 0) is 0 Å². The zero-order valence-electron chi connectivity index (χ0n) is 10.3. The van der Waals surface area contributed by atoms with Gasteiger partial charge in [0.2, 0.25) is 0 Å². The van der Waals surface area contributed by atoms with Crippen LogP contribution in [0.15, 0.2) is 34.3 Å². The summed E-state index contributed by atoms with van der Waals surface area (Å²) in [5.74, 6) is 0.707. The molecule has 1 aromatic rings. The molecule has 0 amide bonds. The SMILES string of the molecule is CC(=Cc1cccc(Br)c1)CNCC(C)C. The third-order valence-electron chi connectivity index (χ3n) is 2.22. The lowest BCUT2D eigenvalue weighted by atomic mass is 10.1. The zero-order valence-corrected chi connectivity index (χ0v) is 11.8. The average molecular weight is 282 g/mol. The molecule has 0 atom stereocenters.